The van der Waals surface area contributed by atoms with Gasteiger partial charge in [-0.25, -0.2) is 0 Å². The van der Waals surface area contributed by atoms with Crippen LogP contribution in [0.15, 0.2) is 18.2 Å². The van der Waals surface area contributed by atoms with Gasteiger partial charge in [0, 0.05) is 13.0 Å². The summed E-state index contributed by atoms with van der Waals surface area (Å²) >= 11 is 11.8. The van der Waals surface area contributed by atoms with Crippen molar-refractivity contribution in [2.75, 3.05) is 13.1 Å². The normalized spacial score (nSPS) is 10.7. The zero-order chi connectivity index (χ0) is 17.2. The maximum atomic E-state index is 11.6. The summed E-state index contributed by atoms with van der Waals surface area (Å²) in [7, 11) is 0. The van der Waals surface area contributed by atoms with Gasteiger partial charge in [-0.1, -0.05) is 43.1 Å². The molecular formula is C17H24Cl2N2O2. The topological polar surface area (TPSA) is 58.2 Å². The third-order valence-corrected chi connectivity index (χ3v) is 4.08. The number of nitrogens with one attached hydrogen (secondary N) is 2. The molecule has 1 aromatic carbocycles. The zero-order valence-electron chi connectivity index (χ0n) is 13.6. The average Bonchev–Trinajstić information content (AvgIpc) is 2.50. The van der Waals surface area contributed by atoms with Crippen molar-refractivity contribution < 1.29 is 9.59 Å². The first kappa shape index (κ1) is 19.8. The van der Waals surface area contributed by atoms with E-state index in [1.165, 1.54) is 0 Å². The predicted molar refractivity (Wildman–Crippen MR) is 94.9 cm³/mol. The highest BCUT2D eigenvalue weighted by atomic mass is 35.5. The summed E-state index contributed by atoms with van der Waals surface area (Å²) in [5.74, 6) is 0.234. The van der Waals surface area contributed by atoms with E-state index in [1.807, 2.05) is 12.1 Å². The molecule has 0 aliphatic heterocycles. The van der Waals surface area contributed by atoms with Crippen molar-refractivity contribution in [3.63, 3.8) is 0 Å². The number of hydrogen-bond acceptors (Lipinski definition) is 2. The van der Waals surface area contributed by atoms with Crippen LogP contribution in [0.2, 0.25) is 10.0 Å². The predicted octanol–water partition coefficient (Wildman–Crippen LogP) is 3.59. The van der Waals surface area contributed by atoms with Crippen LogP contribution in [0, 0.1) is 5.92 Å². The number of rotatable bonds is 9. The van der Waals surface area contributed by atoms with Gasteiger partial charge in [0.2, 0.25) is 11.8 Å². The Morgan fingerprint density at radius 2 is 1.83 bits per heavy atom. The molecule has 0 atom stereocenters. The standard InChI is InChI=1S/C17H24Cl2N2O2/c1-12(2)5-8-16(22)21-11-17(23)20-9-3-4-13-6-7-14(18)15(19)10-13/h6-7,10,12H,3-5,8-9,11H2,1-2H3,(H,20,23)(H,21,22). The highest BCUT2D eigenvalue weighted by molar-refractivity contribution is 6.42. The van der Waals surface area contributed by atoms with Gasteiger partial charge in [-0.05, 0) is 42.9 Å². The van der Waals surface area contributed by atoms with E-state index in [0.29, 0.717) is 28.9 Å². The molecule has 0 heterocycles. The number of amides is 2. The fourth-order valence-corrected chi connectivity index (χ4v) is 2.29. The Kier molecular flexibility index (Phi) is 9.03. The largest absolute Gasteiger partial charge is 0.355 e. The summed E-state index contributed by atoms with van der Waals surface area (Å²) in [5.41, 5.74) is 1.08. The maximum absolute atomic E-state index is 11.6. The van der Waals surface area contributed by atoms with Crippen LogP contribution < -0.4 is 10.6 Å². The second kappa shape index (κ2) is 10.5. The number of benzene rings is 1. The highest BCUT2D eigenvalue weighted by Gasteiger charge is 2.06. The summed E-state index contributed by atoms with van der Waals surface area (Å²) < 4.78 is 0. The molecule has 0 saturated heterocycles. The SMILES string of the molecule is CC(C)CCC(=O)NCC(=O)NCCCc1ccc(Cl)c(Cl)c1. The van der Waals surface area contributed by atoms with Gasteiger partial charge in [0.1, 0.15) is 0 Å². The summed E-state index contributed by atoms with van der Waals surface area (Å²) in [6.45, 7) is 4.71. The molecule has 23 heavy (non-hydrogen) atoms. The fourth-order valence-electron chi connectivity index (χ4n) is 1.96. The van der Waals surface area contributed by atoms with Crippen molar-refractivity contribution >= 4 is 35.0 Å². The molecule has 1 rings (SSSR count). The van der Waals surface area contributed by atoms with Gasteiger partial charge >= 0.3 is 0 Å². The summed E-state index contributed by atoms with van der Waals surface area (Å²) in [5, 5.41) is 6.49. The lowest BCUT2D eigenvalue weighted by molar-refractivity contribution is -0.126. The van der Waals surface area contributed by atoms with Crippen molar-refractivity contribution in [2.45, 2.75) is 39.5 Å². The van der Waals surface area contributed by atoms with E-state index in [9.17, 15) is 9.59 Å². The first-order valence-corrected chi connectivity index (χ1v) is 8.61. The molecule has 0 unspecified atom stereocenters. The number of aryl methyl sites for hydroxylation is 1. The van der Waals surface area contributed by atoms with E-state index in [4.69, 9.17) is 23.2 Å². The van der Waals surface area contributed by atoms with Gasteiger partial charge in [-0.3, -0.25) is 9.59 Å². The van der Waals surface area contributed by atoms with Crippen LogP contribution in [0.3, 0.4) is 0 Å². The van der Waals surface area contributed by atoms with Crippen molar-refractivity contribution in [1.82, 2.24) is 10.6 Å². The number of hydrogen-bond donors (Lipinski definition) is 2. The van der Waals surface area contributed by atoms with Crippen LogP contribution >= 0.6 is 23.2 Å². The molecule has 0 fully saturated rings. The number of carbonyl (C=O) groups is 2. The molecule has 1 aromatic rings. The molecular weight excluding hydrogens is 335 g/mol. The van der Waals surface area contributed by atoms with Crippen molar-refractivity contribution in [3.8, 4) is 0 Å². The van der Waals surface area contributed by atoms with Gasteiger partial charge in [-0.2, -0.15) is 0 Å². The number of halogens is 2. The molecule has 0 aromatic heterocycles. The maximum Gasteiger partial charge on any atom is 0.239 e. The van der Waals surface area contributed by atoms with Crippen LogP contribution in [-0.4, -0.2) is 24.9 Å². The Hall–Kier alpha value is -1.26. The minimum atomic E-state index is -0.169. The van der Waals surface area contributed by atoms with Crippen LogP contribution in [0.1, 0.15) is 38.7 Å². The minimum Gasteiger partial charge on any atom is -0.355 e. The van der Waals surface area contributed by atoms with E-state index in [0.717, 1.165) is 24.8 Å². The average molecular weight is 359 g/mol. The minimum absolute atomic E-state index is 0.0315. The van der Waals surface area contributed by atoms with Gasteiger partial charge in [0.15, 0.2) is 0 Å². The third-order valence-electron chi connectivity index (χ3n) is 3.34. The monoisotopic (exact) mass is 358 g/mol. The van der Waals surface area contributed by atoms with Crippen LogP contribution in [0.25, 0.3) is 0 Å². The van der Waals surface area contributed by atoms with E-state index < -0.39 is 0 Å². The van der Waals surface area contributed by atoms with Crippen molar-refractivity contribution in [2.24, 2.45) is 5.92 Å². The zero-order valence-corrected chi connectivity index (χ0v) is 15.1. The smallest absolute Gasteiger partial charge is 0.239 e. The first-order valence-electron chi connectivity index (χ1n) is 7.85. The Morgan fingerprint density at radius 3 is 2.48 bits per heavy atom. The van der Waals surface area contributed by atoms with Crippen molar-refractivity contribution in [1.29, 1.82) is 0 Å². The van der Waals surface area contributed by atoms with Gasteiger partial charge in [0.25, 0.3) is 0 Å². The molecule has 4 nitrogen and oxygen atoms in total. The molecule has 2 N–H and O–H groups in total. The summed E-state index contributed by atoms with van der Waals surface area (Å²) in [6, 6.07) is 5.52. The second-order valence-corrected chi connectivity index (χ2v) is 6.73. The molecule has 128 valence electrons. The molecule has 0 saturated carbocycles. The fraction of sp³-hybridized carbons (Fsp3) is 0.529. The Morgan fingerprint density at radius 1 is 1.09 bits per heavy atom. The van der Waals surface area contributed by atoms with Crippen LogP contribution in [0.5, 0.6) is 0 Å². The third kappa shape index (κ3) is 8.82. The van der Waals surface area contributed by atoms with E-state index in [2.05, 4.69) is 24.5 Å². The Balaban J connectivity index is 2.14. The van der Waals surface area contributed by atoms with Gasteiger partial charge < -0.3 is 10.6 Å². The van der Waals surface area contributed by atoms with Gasteiger partial charge in [0.05, 0.1) is 16.6 Å². The molecule has 0 radical (unpaired) electrons. The van der Waals surface area contributed by atoms with Crippen LogP contribution in [0.4, 0.5) is 0 Å². The highest BCUT2D eigenvalue weighted by Crippen LogP contribution is 2.22. The molecule has 6 heteroatoms. The summed E-state index contributed by atoms with van der Waals surface area (Å²) in [4.78, 5) is 23.1. The molecule has 0 spiro atoms. The van der Waals surface area contributed by atoms with Crippen molar-refractivity contribution in [3.05, 3.63) is 33.8 Å². The Labute approximate surface area is 147 Å². The molecule has 0 aliphatic carbocycles. The van der Waals surface area contributed by atoms with E-state index in [1.54, 1.807) is 6.07 Å². The summed E-state index contributed by atoms with van der Waals surface area (Å²) in [6.07, 6.45) is 2.89. The quantitative estimate of drug-likeness (QED) is 0.662. The first-order chi connectivity index (χ1) is 10.9. The van der Waals surface area contributed by atoms with E-state index in [-0.39, 0.29) is 18.4 Å². The lowest BCUT2D eigenvalue weighted by atomic mass is 10.1. The molecule has 2 amide bonds. The van der Waals surface area contributed by atoms with Gasteiger partial charge in [-0.15, -0.1) is 0 Å². The number of carbonyl (C=O) groups excluding carboxylic acids is 2. The molecule has 0 aliphatic rings. The lowest BCUT2D eigenvalue weighted by Crippen LogP contribution is -2.37. The van der Waals surface area contributed by atoms with Crippen LogP contribution in [-0.2, 0) is 16.0 Å². The second-order valence-electron chi connectivity index (χ2n) is 5.91. The molecule has 0 bridgehead atoms. The van der Waals surface area contributed by atoms with E-state index >= 15 is 0 Å². The lowest BCUT2D eigenvalue weighted by Gasteiger charge is -2.08. The Bertz CT molecular complexity index is 533.